The second kappa shape index (κ2) is 6.11. The van der Waals surface area contributed by atoms with Crippen molar-refractivity contribution in [1.82, 2.24) is 0 Å². The highest BCUT2D eigenvalue weighted by atomic mass is 16.5. The number of benzene rings is 1. The summed E-state index contributed by atoms with van der Waals surface area (Å²) in [6.45, 7) is 5.50. The Morgan fingerprint density at radius 1 is 1.25 bits per heavy atom. The summed E-state index contributed by atoms with van der Waals surface area (Å²) >= 11 is 0. The summed E-state index contributed by atoms with van der Waals surface area (Å²) in [5.41, 5.74) is 1.11. The number of carbonyl (C=O) groups excluding carboxylic acids is 1. The van der Waals surface area contributed by atoms with Gasteiger partial charge in [0, 0.05) is 6.92 Å². The van der Waals surface area contributed by atoms with Crippen molar-refractivity contribution in [2.75, 3.05) is 0 Å². The van der Waals surface area contributed by atoms with E-state index in [1.807, 2.05) is 56.3 Å². The van der Waals surface area contributed by atoms with Crippen molar-refractivity contribution >= 4 is 12.0 Å². The summed E-state index contributed by atoms with van der Waals surface area (Å²) < 4.78 is 5.21. The Hall–Kier alpha value is -1.57. The van der Waals surface area contributed by atoms with Crippen LogP contribution in [0.1, 0.15) is 26.3 Å². The van der Waals surface area contributed by atoms with Crippen LogP contribution in [0.25, 0.3) is 6.08 Å². The van der Waals surface area contributed by atoms with Gasteiger partial charge in [-0.1, -0.05) is 50.3 Å². The Balaban J connectivity index is 2.68. The van der Waals surface area contributed by atoms with Crippen LogP contribution in [0.15, 0.2) is 36.4 Å². The van der Waals surface area contributed by atoms with Gasteiger partial charge >= 0.3 is 5.97 Å². The molecule has 0 aliphatic carbocycles. The summed E-state index contributed by atoms with van der Waals surface area (Å²) in [7, 11) is 0. The average Bonchev–Trinajstić information content (AvgIpc) is 2.25. The molecule has 1 rings (SSSR count). The lowest BCUT2D eigenvalue weighted by Crippen LogP contribution is -2.19. The number of ether oxygens (including phenoxy) is 1. The van der Waals surface area contributed by atoms with Gasteiger partial charge < -0.3 is 4.74 Å². The molecule has 0 saturated heterocycles. The van der Waals surface area contributed by atoms with Gasteiger partial charge in [0.1, 0.15) is 6.10 Å². The minimum atomic E-state index is -0.239. The van der Waals surface area contributed by atoms with Gasteiger partial charge in [-0.25, -0.2) is 0 Å². The van der Waals surface area contributed by atoms with Crippen LogP contribution in [0.3, 0.4) is 0 Å². The van der Waals surface area contributed by atoms with Crippen LogP contribution in [0, 0.1) is 5.92 Å². The predicted molar refractivity (Wildman–Crippen MR) is 65.9 cm³/mol. The lowest BCUT2D eigenvalue weighted by atomic mass is 10.1. The zero-order chi connectivity index (χ0) is 12.0. The number of hydrogen-bond donors (Lipinski definition) is 0. The van der Waals surface area contributed by atoms with Crippen LogP contribution >= 0.6 is 0 Å². The third-order valence-corrected chi connectivity index (χ3v) is 2.24. The van der Waals surface area contributed by atoms with Crippen LogP contribution in [-0.2, 0) is 9.53 Å². The van der Waals surface area contributed by atoms with E-state index in [-0.39, 0.29) is 18.0 Å². The van der Waals surface area contributed by atoms with Gasteiger partial charge in [-0.2, -0.15) is 0 Å². The van der Waals surface area contributed by atoms with E-state index in [1.54, 1.807) is 0 Å². The van der Waals surface area contributed by atoms with E-state index in [9.17, 15) is 4.79 Å². The molecule has 1 aromatic rings. The third-order valence-electron chi connectivity index (χ3n) is 2.24. The number of esters is 1. The van der Waals surface area contributed by atoms with E-state index in [2.05, 4.69) is 0 Å². The summed E-state index contributed by atoms with van der Waals surface area (Å²) in [5, 5.41) is 0. The monoisotopic (exact) mass is 218 g/mol. The predicted octanol–water partition coefficient (Wildman–Crippen LogP) is 3.29. The van der Waals surface area contributed by atoms with Crippen LogP contribution in [0.5, 0.6) is 0 Å². The first-order chi connectivity index (χ1) is 7.59. The quantitative estimate of drug-likeness (QED) is 0.725. The van der Waals surface area contributed by atoms with Gasteiger partial charge in [0.15, 0.2) is 0 Å². The van der Waals surface area contributed by atoms with Crippen LogP contribution in [0.2, 0.25) is 0 Å². The summed E-state index contributed by atoms with van der Waals surface area (Å²) in [5.74, 6) is 0.0419. The molecule has 16 heavy (non-hydrogen) atoms. The molecule has 0 aromatic heterocycles. The molecule has 0 bridgehead atoms. The molecule has 0 heterocycles. The van der Waals surface area contributed by atoms with E-state index in [0.717, 1.165) is 5.56 Å². The molecular weight excluding hydrogens is 200 g/mol. The van der Waals surface area contributed by atoms with Gasteiger partial charge in [0.2, 0.25) is 0 Å². The molecule has 0 spiro atoms. The first-order valence-electron chi connectivity index (χ1n) is 5.50. The summed E-state index contributed by atoms with van der Waals surface area (Å²) in [6.07, 6.45) is 3.76. The van der Waals surface area contributed by atoms with Crippen LogP contribution in [-0.4, -0.2) is 12.1 Å². The lowest BCUT2D eigenvalue weighted by molar-refractivity contribution is -0.145. The van der Waals surface area contributed by atoms with Crippen molar-refractivity contribution in [2.24, 2.45) is 5.92 Å². The van der Waals surface area contributed by atoms with Crippen molar-refractivity contribution in [3.63, 3.8) is 0 Å². The fraction of sp³-hybridized carbons (Fsp3) is 0.357. The molecule has 1 aromatic carbocycles. The van der Waals surface area contributed by atoms with E-state index < -0.39 is 0 Å². The van der Waals surface area contributed by atoms with E-state index in [0.29, 0.717) is 0 Å². The minimum Gasteiger partial charge on any atom is -0.458 e. The molecule has 86 valence electrons. The third kappa shape index (κ3) is 4.30. The molecule has 0 N–H and O–H groups in total. The Kier molecular flexibility index (Phi) is 4.77. The molecule has 0 unspecified atom stereocenters. The maximum absolute atomic E-state index is 10.9. The van der Waals surface area contributed by atoms with Crippen LogP contribution < -0.4 is 0 Å². The molecule has 0 fully saturated rings. The molecule has 1 atom stereocenters. The minimum absolute atomic E-state index is 0.155. The molecule has 2 nitrogen and oxygen atoms in total. The van der Waals surface area contributed by atoms with Gasteiger partial charge in [-0.3, -0.25) is 4.79 Å². The first-order valence-corrected chi connectivity index (χ1v) is 5.50. The van der Waals surface area contributed by atoms with Crippen molar-refractivity contribution in [2.45, 2.75) is 26.9 Å². The number of hydrogen-bond acceptors (Lipinski definition) is 2. The van der Waals surface area contributed by atoms with Crippen molar-refractivity contribution < 1.29 is 9.53 Å². The number of carbonyl (C=O) groups is 1. The van der Waals surface area contributed by atoms with Crippen molar-refractivity contribution in [3.05, 3.63) is 42.0 Å². The van der Waals surface area contributed by atoms with Crippen molar-refractivity contribution in [1.29, 1.82) is 0 Å². The van der Waals surface area contributed by atoms with Gasteiger partial charge in [0.05, 0.1) is 0 Å². The molecule has 0 aliphatic rings. The molecule has 0 amide bonds. The molecular formula is C14H18O2. The Bertz CT molecular complexity index is 352. The largest absolute Gasteiger partial charge is 0.458 e. The normalized spacial score (nSPS) is 13.0. The zero-order valence-electron chi connectivity index (χ0n) is 10.0. The maximum Gasteiger partial charge on any atom is 0.303 e. The Morgan fingerprint density at radius 2 is 1.88 bits per heavy atom. The standard InChI is InChI=1S/C14H18O2/c1-11(2)14(16-12(3)15)10-9-13-7-5-4-6-8-13/h4-11,14H,1-3H3/b10-9+/t14-/m1/s1. The van der Waals surface area contributed by atoms with Crippen molar-refractivity contribution in [3.8, 4) is 0 Å². The highest BCUT2D eigenvalue weighted by Crippen LogP contribution is 2.11. The summed E-state index contributed by atoms with van der Waals surface area (Å²) in [4.78, 5) is 10.9. The van der Waals surface area contributed by atoms with Crippen LogP contribution in [0.4, 0.5) is 0 Å². The molecule has 2 heteroatoms. The number of rotatable bonds is 4. The second-order valence-corrected chi connectivity index (χ2v) is 4.09. The lowest BCUT2D eigenvalue weighted by Gasteiger charge is -2.16. The fourth-order valence-electron chi connectivity index (χ4n) is 1.36. The zero-order valence-corrected chi connectivity index (χ0v) is 10.0. The maximum atomic E-state index is 10.9. The van der Waals surface area contributed by atoms with E-state index in [4.69, 9.17) is 4.74 Å². The molecule has 0 aliphatic heterocycles. The van der Waals surface area contributed by atoms with E-state index in [1.165, 1.54) is 6.92 Å². The fourth-order valence-corrected chi connectivity index (χ4v) is 1.36. The second-order valence-electron chi connectivity index (χ2n) is 4.09. The Morgan fingerprint density at radius 3 is 2.38 bits per heavy atom. The van der Waals surface area contributed by atoms with Gasteiger partial charge in [0.25, 0.3) is 0 Å². The highest BCUT2D eigenvalue weighted by molar-refractivity contribution is 5.66. The first kappa shape index (κ1) is 12.5. The average molecular weight is 218 g/mol. The smallest absolute Gasteiger partial charge is 0.303 e. The van der Waals surface area contributed by atoms with Gasteiger partial charge in [-0.05, 0) is 17.6 Å². The molecule has 0 radical (unpaired) electrons. The SMILES string of the molecule is CC(=O)O[C@H](/C=C/c1ccccc1)C(C)C. The Labute approximate surface area is 96.9 Å². The topological polar surface area (TPSA) is 26.3 Å². The van der Waals surface area contributed by atoms with E-state index >= 15 is 0 Å². The van der Waals surface area contributed by atoms with Gasteiger partial charge in [-0.15, -0.1) is 0 Å². The summed E-state index contributed by atoms with van der Waals surface area (Å²) in [6, 6.07) is 9.97. The molecule has 0 saturated carbocycles. The highest BCUT2D eigenvalue weighted by Gasteiger charge is 2.12.